The minimum Gasteiger partial charge on any atom is -0.388 e. The molecule has 0 saturated heterocycles. The second-order valence-corrected chi connectivity index (χ2v) is 7.07. The predicted molar refractivity (Wildman–Crippen MR) is 118 cm³/mol. The van der Waals surface area contributed by atoms with E-state index in [0.29, 0.717) is 6.42 Å². The fourth-order valence-corrected chi connectivity index (χ4v) is 2.29. The fourth-order valence-electron chi connectivity index (χ4n) is 2.29. The highest BCUT2D eigenvalue weighted by molar-refractivity contribution is 5.87. The summed E-state index contributed by atoms with van der Waals surface area (Å²) in [6.45, 7) is 6.33. The quantitative estimate of drug-likeness (QED) is 0.217. The number of allylic oxidation sites excluding steroid dienone is 9. The van der Waals surface area contributed by atoms with Gasteiger partial charge in [-0.15, -0.1) is 0 Å². The minimum atomic E-state index is -0.835. The first-order valence-electron chi connectivity index (χ1n) is 10.3. The maximum Gasteiger partial charge on any atom is 0.244 e. The van der Waals surface area contributed by atoms with Gasteiger partial charge in [-0.1, -0.05) is 94.2 Å². The van der Waals surface area contributed by atoms with E-state index in [1.807, 2.05) is 18.2 Å². The number of carbonyl (C=O) groups is 1. The molecule has 152 valence electrons. The zero-order valence-corrected chi connectivity index (χ0v) is 17.5. The van der Waals surface area contributed by atoms with Crippen LogP contribution in [0.4, 0.5) is 0 Å². The lowest BCUT2D eigenvalue weighted by molar-refractivity contribution is -0.117. The molecule has 0 rings (SSSR count). The van der Waals surface area contributed by atoms with E-state index in [4.69, 9.17) is 0 Å². The molecule has 1 amide bonds. The van der Waals surface area contributed by atoms with E-state index in [9.17, 15) is 9.90 Å². The number of rotatable bonds is 15. The molecule has 0 heterocycles. The molecule has 0 aliphatic heterocycles. The minimum absolute atomic E-state index is 0.183. The highest BCUT2D eigenvalue weighted by Crippen LogP contribution is 2.11. The Morgan fingerprint density at radius 1 is 0.852 bits per heavy atom. The Bertz CT molecular complexity index is 510. The average molecular weight is 374 g/mol. The van der Waals surface area contributed by atoms with E-state index >= 15 is 0 Å². The largest absolute Gasteiger partial charge is 0.388 e. The topological polar surface area (TPSA) is 49.3 Å². The van der Waals surface area contributed by atoms with Crippen molar-refractivity contribution < 1.29 is 9.90 Å². The summed E-state index contributed by atoms with van der Waals surface area (Å²) in [5, 5.41) is 12.9. The lowest BCUT2D eigenvalue weighted by Crippen LogP contribution is -2.39. The zero-order chi connectivity index (χ0) is 20.2. The van der Waals surface area contributed by atoms with Crippen molar-refractivity contribution in [1.82, 2.24) is 5.32 Å². The van der Waals surface area contributed by atoms with Crippen LogP contribution in [0.15, 0.2) is 60.8 Å². The van der Waals surface area contributed by atoms with Gasteiger partial charge < -0.3 is 10.4 Å². The summed E-state index contributed by atoms with van der Waals surface area (Å²) in [5.41, 5.74) is -0.835. The number of aliphatic hydroxyl groups is 1. The van der Waals surface area contributed by atoms with Crippen LogP contribution in [0.1, 0.15) is 72.1 Å². The van der Waals surface area contributed by atoms with Gasteiger partial charge in [0, 0.05) is 12.6 Å². The van der Waals surface area contributed by atoms with Crippen molar-refractivity contribution in [1.29, 1.82) is 0 Å². The monoisotopic (exact) mass is 373 g/mol. The first-order chi connectivity index (χ1) is 13.0. The standard InChI is InChI=1S/C24H39NO2/c1-4-6-8-9-10-11-12-13-14-15-16-17-18-19-20-23(26)25-22-24(3,27)21-7-5-2/h9-12,15-20,27H,4-8,13-14,21-22H2,1-3H3,(H,25,26). The van der Waals surface area contributed by atoms with Gasteiger partial charge in [0.25, 0.3) is 0 Å². The molecular weight excluding hydrogens is 334 g/mol. The number of nitrogens with one attached hydrogen (secondary N) is 1. The first kappa shape index (κ1) is 25.1. The maximum atomic E-state index is 11.7. The van der Waals surface area contributed by atoms with Crippen molar-refractivity contribution in [3.8, 4) is 0 Å². The van der Waals surface area contributed by atoms with Crippen LogP contribution in [0.25, 0.3) is 0 Å². The highest BCUT2D eigenvalue weighted by atomic mass is 16.3. The first-order valence-corrected chi connectivity index (χ1v) is 10.3. The van der Waals surface area contributed by atoms with Gasteiger partial charge in [0.15, 0.2) is 0 Å². The SMILES string of the molecule is CCCCC=CC=CCCC=CC=CC=CC(=O)NCC(C)(O)CCCC. The van der Waals surface area contributed by atoms with E-state index in [-0.39, 0.29) is 12.5 Å². The molecule has 0 aliphatic carbocycles. The number of hydrogen-bond acceptors (Lipinski definition) is 2. The van der Waals surface area contributed by atoms with Crippen LogP contribution in [-0.2, 0) is 4.79 Å². The smallest absolute Gasteiger partial charge is 0.244 e. The third-order valence-corrected chi connectivity index (χ3v) is 4.04. The highest BCUT2D eigenvalue weighted by Gasteiger charge is 2.19. The number of hydrogen-bond donors (Lipinski definition) is 2. The second-order valence-electron chi connectivity index (χ2n) is 7.07. The molecule has 0 saturated carbocycles. The summed E-state index contributed by atoms with van der Waals surface area (Å²) in [4.78, 5) is 11.7. The third kappa shape index (κ3) is 18.7. The summed E-state index contributed by atoms with van der Waals surface area (Å²) in [6.07, 6.45) is 28.0. The summed E-state index contributed by atoms with van der Waals surface area (Å²) < 4.78 is 0. The van der Waals surface area contributed by atoms with Crippen molar-refractivity contribution in [3.05, 3.63) is 60.8 Å². The van der Waals surface area contributed by atoms with Crippen LogP contribution in [0, 0.1) is 0 Å². The molecule has 0 aromatic carbocycles. The van der Waals surface area contributed by atoms with Gasteiger partial charge in [0.05, 0.1) is 5.60 Å². The Labute approximate surface area is 166 Å². The van der Waals surface area contributed by atoms with E-state index in [2.05, 4.69) is 49.5 Å². The van der Waals surface area contributed by atoms with Gasteiger partial charge in [-0.3, -0.25) is 4.79 Å². The van der Waals surface area contributed by atoms with Crippen LogP contribution < -0.4 is 5.32 Å². The maximum absolute atomic E-state index is 11.7. The van der Waals surface area contributed by atoms with E-state index in [1.54, 1.807) is 13.0 Å². The summed E-state index contributed by atoms with van der Waals surface area (Å²) in [7, 11) is 0. The van der Waals surface area contributed by atoms with Gasteiger partial charge in [-0.25, -0.2) is 0 Å². The van der Waals surface area contributed by atoms with Crippen LogP contribution in [-0.4, -0.2) is 23.2 Å². The Balaban J connectivity index is 3.84. The Morgan fingerprint density at radius 3 is 2.04 bits per heavy atom. The molecule has 0 bridgehead atoms. The fraction of sp³-hybridized carbons (Fsp3) is 0.542. The van der Waals surface area contributed by atoms with Crippen molar-refractivity contribution in [3.63, 3.8) is 0 Å². The number of amides is 1. The second kappa shape index (κ2) is 17.5. The number of carbonyl (C=O) groups excluding carboxylic acids is 1. The molecule has 0 fully saturated rings. The molecule has 0 aromatic rings. The van der Waals surface area contributed by atoms with Crippen LogP contribution >= 0.6 is 0 Å². The Morgan fingerprint density at radius 2 is 1.41 bits per heavy atom. The molecule has 0 spiro atoms. The zero-order valence-electron chi connectivity index (χ0n) is 17.5. The Hall–Kier alpha value is -1.87. The molecule has 1 atom stereocenters. The van der Waals surface area contributed by atoms with Gasteiger partial charge >= 0.3 is 0 Å². The van der Waals surface area contributed by atoms with Gasteiger partial charge in [-0.2, -0.15) is 0 Å². The Kier molecular flexibility index (Phi) is 16.3. The molecule has 3 heteroatoms. The van der Waals surface area contributed by atoms with Crippen molar-refractivity contribution >= 4 is 5.91 Å². The van der Waals surface area contributed by atoms with Gasteiger partial charge in [0.2, 0.25) is 5.91 Å². The van der Waals surface area contributed by atoms with Crippen LogP contribution in [0.2, 0.25) is 0 Å². The number of unbranched alkanes of at least 4 members (excludes halogenated alkanes) is 4. The van der Waals surface area contributed by atoms with Crippen molar-refractivity contribution in [2.45, 2.75) is 77.7 Å². The third-order valence-electron chi connectivity index (χ3n) is 4.04. The van der Waals surface area contributed by atoms with Crippen molar-refractivity contribution in [2.24, 2.45) is 0 Å². The molecule has 1 unspecified atom stereocenters. The molecule has 2 N–H and O–H groups in total. The summed E-state index contributed by atoms with van der Waals surface area (Å²) in [5.74, 6) is -0.183. The van der Waals surface area contributed by atoms with Gasteiger partial charge in [0.1, 0.15) is 0 Å². The summed E-state index contributed by atoms with van der Waals surface area (Å²) >= 11 is 0. The van der Waals surface area contributed by atoms with E-state index in [1.165, 1.54) is 18.9 Å². The predicted octanol–water partition coefficient (Wildman–Crippen LogP) is 5.80. The normalized spacial score (nSPS) is 15.0. The molecule has 0 radical (unpaired) electrons. The van der Waals surface area contributed by atoms with E-state index in [0.717, 1.165) is 32.1 Å². The molecule has 3 nitrogen and oxygen atoms in total. The lowest BCUT2D eigenvalue weighted by Gasteiger charge is -2.22. The lowest BCUT2D eigenvalue weighted by atomic mass is 9.99. The average Bonchev–Trinajstić information content (AvgIpc) is 2.65. The van der Waals surface area contributed by atoms with E-state index < -0.39 is 5.60 Å². The summed E-state index contributed by atoms with van der Waals surface area (Å²) in [6, 6.07) is 0. The molecule has 27 heavy (non-hydrogen) atoms. The van der Waals surface area contributed by atoms with Gasteiger partial charge in [-0.05, 0) is 32.6 Å². The molecular formula is C24H39NO2. The molecule has 0 aliphatic rings. The molecule has 0 aromatic heterocycles. The van der Waals surface area contributed by atoms with Crippen molar-refractivity contribution in [2.75, 3.05) is 6.54 Å². The van der Waals surface area contributed by atoms with Crippen LogP contribution in [0.5, 0.6) is 0 Å². The van der Waals surface area contributed by atoms with Crippen LogP contribution in [0.3, 0.4) is 0 Å².